The molecule has 0 radical (unpaired) electrons. The van der Waals surface area contributed by atoms with Gasteiger partial charge in [-0.3, -0.25) is 0 Å². The first-order chi connectivity index (χ1) is 7.61. The van der Waals surface area contributed by atoms with Gasteiger partial charge in [0.05, 0.1) is 6.10 Å². The summed E-state index contributed by atoms with van der Waals surface area (Å²) in [6, 6.07) is 0. The maximum atomic E-state index is 9.91. The average Bonchev–Trinajstić information content (AvgIpc) is 2.29. The Morgan fingerprint density at radius 2 is 2.00 bits per heavy atom. The fraction of sp³-hybridized carbons (Fsp3) is 0.733. The molecule has 0 saturated carbocycles. The molecule has 1 N–H and O–H groups in total. The molecule has 92 valence electrons. The third-order valence-corrected chi connectivity index (χ3v) is 4.15. The Hall–Kier alpha value is -0.560. The van der Waals surface area contributed by atoms with Gasteiger partial charge in [-0.1, -0.05) is 58.8 Å². The van der Waals surface area contributed by atoms with Crippen LogP contribution in [0.3, 0.4) is 0 Å². The van der Waals surface area contributed by atoms with Crippen molar-refractivity contribution < 1.29 is 5.11 Å². The summed E-state index contributed by atoms with van der Waals surface area (Å²) in [5.41, 5.74) is 1.26. The minimum atomic E-state index is -0.287. The molecule has 16 heavy (non-hydrogen) atoms. The fourth-order valence-corrected chi connectivity index (χ4v) is 2.72. The first-order valence-electron chi connectivity index (χ1n) is 6.64. The van der Waals surface area contributed by atoms with Crippen molar-refractivity contribution in [2.75, 3.05) is 0 Å². The van der Waals surface area contributed by atoms with Crippen LogP contribution in [0.4, 0.5) is 0 Å². The number of allylic oxidation sites excluding steroid dienone is 2. The number of unbranched alkanes of at least 4 members (excludes halogenated alkanes) is 2. The van der Waals surface area contributed by atoms with Gasteiger partial charge in [0.2, 0.25) is 0 Å². The zero-order chi connectivity index (χ0) is 12.1. The van der Waals surface area contributed by atoms with Crippen LogP contribution < -0.4 is 0 Å². The zero-order valence-corrected chi connectivity index (χ0v) is 10.9. The van der Waals surface area contributed by atoms with Crippen molar-refractivity contribution in [2.24, 2.45) is 17.8 Å². The third-order valence-electron chi connectivity index (χ3n) is 4.15. The highest BCUT2D eigenvalue weighted by molar-refractivity contribution is 5.25. The zero-order valence-electron chi connectivity index (χ0n) is 10.9. The summed E-state index contributed by atoms with van der Waals surface area (Å²) in [4.78, 5) is 0. The average molecular weight is 222 g/mol. The number of aliphatic hydroxyl groups excluding tert-OH is 1. The maximum absolute atomic E-state index is 9.91. The van der Waals surface area contributed by atoms with Crippen LogP contribution in [0.25, 0.3) is 0 Å². The Balaban J connectivity index is 2.70. The topological polar surface area (TPSA) is 20.2 Å². The normalized spacial score (nSPS) is 34.6. The largest absolute Gasteiger partial charge is 0.389 e. The van der Waals surface area contributed by atoms with E-state index in [9.17, 15) is 5.11 Å². The van der Waals surface area contributed by atoms with Crippen LogP contribution in [0, 0.1) is 17.8 Å². The van der Waals surface area contributed by atoms with E-state index in [4.69, 9.17) is 0 Å². The Morgan fingerprint density at radius 1 is 1.31 bits per heavy atom. The molecule has 1 aliphatic carbocycles. The van der Waals surface area contributed by atoms with Gasteiger partial charge in [-0.25, -0.2) is 0 Å². The van der Waals surface area contributed by atoms with E-state index in [1.165, 1.54) is 31.3 Å². The second-order valence-electron chi connectivity index (χ2n) is 5.18. The van der Waals surface area contributed by atoms with Gasteiger partial charge in [0.15, 0.2) is 0 Å². The van der Waals surface area contributed by atoms with Gasteiger partial charge in [-0.2, -0.15) is 0 Å². The highest BCUT2D eigenvalue weighted by Gasteiger charge is 2.32. The number of rotatable bonds is 5. The molecule has 0 heterocycles. The van der Waals surface area contributed by atoms with Crippen molar-refractivity contribution in [3.63, 3.8) is 0 Å². The summed E-state index contributed by atoms with van der Waals surface area (Å²) in [7, 11) is 0. The second kappa shape index (κ2) is 6.24. The van der Waals surface area contributed by atoms with Crippen molar-refractivity contribution in [3.05, 3.63) is 24.3 Å². The molecule has 4 atom stereocenters. The molecule has 0 fully saturated rings. The smallest absolute Gasteiger partial charge is 0.0754 e. The molecule has 0 aliphatic heterocycles. The summed E-state index contributed by atoms with van der Waals surface area (Å²) in [6.07, 6.45) is 8.77. The lowest BCUT2D eigenvalue weighted by atomic mass is 9.70. The first-order valence-corrected chi connectivity index (χ1v) is 6.64. The minimum absolute atomic E-state index is 0.287. The Bertz CT molecular complexity index is 254. The van der Waals surface area contributed by atoms with Crippen molar-refractivity contribution in [2.45, 2.75) is 52.6 Å². The summed E-state index contributed by atoms with van der Waals surface area (Å²) in [5, 5.41) is 9.91. The lowest BCUT2D eigenvalue weighted by Gasteiger charge is -2.36. The van der Waals surface area contributed by atoms with E-state index in [1.54, 1.807) is 0 Å². The lowest BCUT2D eigenvalue weighted by molar-refractivity contribution is 0.0936. The molecular formula is C15H26O. The quantitative estimate of drug-likeness (QED) is 0.698. The van der Waals surface area contributed by atoms with E-state index in [0.717, 1.165) is 0 Å². The predicted octanol–water partition coefficient (Wildman–Crippen LogP) is 3.94. The van der Waals surface area contributed by atoms with Crippen LogP contribution in [-0.2, 0) is 0 Å². The van der Waals surface area contributed by atoms with Crippen LogP contribution in [0.1, 0.15) is 46.5 Å². The SMILES string of the molecule is C=CC1=CC(O)C(C)C(C)C1CCCCC. The molecule has 0 bridgehead atoms. The Kier molecular flexibility index (Phi) is 5.27. The lowest BCUT2D eigenvalue weighted by Crippen LogP contribution is -2.33. The van der Waals surface area contributed by atoms with Crippen molar-refractivity contribution in [1.82, 2.24) is 0 Å². The van der Waals surface area contributed by atoms with Gasteiger partial charge < -0.3 is 5.11 Å². The van der Waals surface area contributed by atoms with Gasteiger partial charge in [-0.15, -0.1) is 0 Å². The van der Waals surface area contributed by atoms with E-state index in [1.807, 2.05) is 12.2 Å². The molecule has 0 aromatic rings. The molecule has 1 rings (SSSR count). The van der Waals surface area contributed by atoms with Crippen molar-refractivity contribution in [3.8, 4) is 0 Å². The van der Waals surface area contributed by atoms with Gasteiger partial charge in [0.1, 0.15) is 0 Å². The highest BCUT2D eigenvalue weighted by Crippen LogP contribution is 2.38. The monoisotopic (exact) mass is 222 g/mol. The van der Waals surface area contributed by atoms with Crippen LogP contribution in [0.2, 0.25) is 0 Å². The molecule has 1 nitrogen and oxygen atoms in total. The molecular weight excluding hydrogens is 196 g/mol. The molecule has 0 aromatic heterocycles. The number of aliphatic hydroxyl groups is 1. The third kappa shape index (κ3) is 2.98. The van der Waals surface area contributed by atoms with Gasteiger partial charge >= 0.3 is 0 Å². The van der Waals surface area contributed by atoms with Gasteiger partial charge in [0.25, 0.3) is 0 Å². The molecule has 4 unspecified atom stereocenters. The van der Waals surface area contributed by atoms with Crippen molar-refractivity contribution in [1.29, 1.82) is 0 Å². The van der Waals surface area contributed by atoms with Crippen LogP contribution in [-0.4, -0.2) is 11.2 Å². The highest BCUT2D eigenvalue weighted by atomic mass is 16.3. The number of hydrogen-bond donors (Lipinski definition) is 1. The standard InChI is InChI=1S/C15H26O/c1-5-7-8-9-14-11(3)12(4)15(16)10-13(14)6-2/h6,10-12,14-16H,2,5,7-9H2,1,3-4H3. The molecule has 1 aliphatic rings. The molecule has 0 aromatic carbocycles. The van der Waals surface area contributed by atoms with Gasteiger partial charge in [-0.05, 0) is 29.7 Å². The summed E-state index contributed by atoms with van der Waals surface area (Å²) in [5.74, 6) is 1.53. The summed E-state index contributed by atoms with van der Waals surface area (Å²) >= 11 is 0. The maximum Gasteiger partial charge on any atom is 0.0754 e. The van der Waals surface area contributed by atoms with Crippen LogP contribution >= 0.6 is 0 Å². The van der Waals surface area contributed by atoms with E-state index in [-0.39, 0.29) is 6.10 Å². The summed E-state index contributed by atoms with van der Waals surface area (Å²) in [6.45, 7) is 10.5. The van der Waals surface area contributed by atoms with E-state index < -0.39 is 0 Å². The Morgan fingerprint density at radius 3 is 2.56 bits per heavy atom. The fourth-order valence-electron chi connectivity index (χ4n) is 2.72. The number of hydrogen-bond acceptors (Lipinski definition) is 1. The van der Waals surface area contributed by atoms with Crippen LogP contribution in [0.5, 0.6) is 0 Å². The molecule has 1 heteroatoms. The molecule has 0 spiro atoms. The second-order valence-corrected chi connectivity index (χ2v) is 5.18. The van der Waals surface area contributed by atoms with E-state index >= 15 is 0 Å². The van der Waals surface area contributed by atoms with E-state index in [2.05, 4.69) is 27.4 Å². The summed E-state index contributed by atoms with van der Waals surface area (Å²) < 4.78 is 0. The predicted molar refractivity (Wildman–Crippen MR) is 70.2 cm³/mol. The van der Waals surface area contributed by atoms with Gasteiger partial charge in [0, 0.05) is 0 Å². The van der Waals surface area contributed by atoms with Crippen molar-refractivity contribution >= 4 is 0 Å². The first kappa shape index (κ1) is 13.5. The van der Waals surface area contributed by atoms with Crippen LogP contribution in [0.15, 0.2) is 24.3 Å². The molecule has 0 saturated heterocycles. The minimum Gasteiger partial charge on any atom is -0.389 e. The Labute approximate surface area is 100 Å². The molecule has 0 amide bonds. The van der Waals surface area contributed by atoms with E-state index in [0.29, 0.717) is 17.8 Å².